The molecule has 2 aliphatic rings. The first-order chi connectivity index (χ1) is 6.67. The number of thiol groups is 1. The average molecular weight is 213 g/mol. The van der Waals surface area contributed by atoms with Crippen LogP contribution in [-0.2, 0) is 9.59 Å². The number of amides is 2. The van der Waals surface area contributed by atoms with Gasteiger partial charge in [0.25, 0.3) is 0 Å². The number of imide groups is 1. The molecule has 0 aromatic carbocycles. The van der Waals surface area contributed by atoms with Gasteiger partial charge in [-0.25, -0.2) is 0 Å². The maximum absolute atomic E-state index is 11.4. The van der Waals surface area contributed by atoms with Crippen LogP contribution < -0.4 is 0 Å². The summed E-state index contributed by atoms with van der Waals surface area (Å²) < 4.78 is 0. The van der Waals surface area contributed by atoms with E-state index in [2.05, 4.69) is 12.6 Å². The van der Waals surface area contributed by atoms with Crippen molar-refractivity contribution >= 4 is 24.4 Å². The van der Waals surface area contributed by atoms with Crippen molar-refractivity contribution in [2.45, 2.75) is 32.1 Å². The number of nitrogens with zero attached hydrogens (tertiary/aromatic N) is 1. The Kier molecular flexibility index (Phi) is 2.56. The molecule has 2 fully saturated rings. The molecule has 0 spiro atoms. The molecule has 1 heterocycles. The number of hydrogen-bond acceptors (Lipinski definition) is 3. The summed E-state index contributed by atoms with van der Waals surface area (Å²) in [5.74, 6) is 0.787. The molecule has 0 unspecified atom stereocenters. The van der Waals surface area contributed by atoms with E-state index in [4.69, 9.17) is 0 Å². The van der Waals surface area contributed by atoms with Gasteiger partial charge in [-0.3, -0.25) is 14.5 Å². The van der Waals surface area contributed by atoms with Crippen LogP contribution in [0.15, 0.2) is 0 Å². The molecule has 78 valence electrons. The summed E-state index contributed by atoms with van der Waals surface area (Å²) in [6.07, 6.45) is 4.22. The Morgan fingerprint density at radius 1 is 1.21 bits per heavy atom. The van der Waals surface area contributed by atoms with Crippen LogP contribution in [0.3, 0.4) is 0 Å². The van der Waals surface area contributed by atoms with E-state index in [9.17, 15) is 9.59 Å². The molecule has 4 heteroatoms. The Morgan fingerprint density at radius 2 is 1.79 bits per heavy atom. The van der Waals surface area contributed by atoms with Crippen molar-refractivity contribution in [1.29, 1.82) is 0 Å². The first-order valence-corrected chi connectivity index (χ1v) is 5.74. The highest BCUT2D eigenvalue weighted by Gasteiger charge is 2.41. The number of rotatable bonds is 3. The normalized spacial score (nSPS) is 25.4. The Balaban J connectivity index is 2.02. The fourth-order valence-corrected chi connectivity index (χ4v) is 2.59. The minimum absolute atomic E-state index is 0.00283. The van der Waals surface area contributed by atoms with E-state index in [1.807, 2.05) is 0 Å². The van der Waals surface area contributed by atoms with Gasteiger partial charge in [0, 0.05) is 19.4 Å². The van der Waals surface area contributed by atoms with Crippen LogP contribution in [0, 0.1) is 5.41 Å². The molecule has 1 saturated heterocycles. The van der Waals surface area contributed by atoms with Gasteiger partial charge in [0.1, 0.15) is 0 Å². The summed E-state index contributed by atoms with van der Waals surface area (Å²) in [7, 11) is 0. The lowest BCUT2D eigenvalue weighted by Gasteiger charge is -2.42. The van der Waals surface area contributed by atoms with Crippen LogP contribution in [0.4, 0.5) is 0 Å². The van der Waals surface area contributed by atoms with Crippen LogP contribution >= 0.6 is 12.6 Å². The average Bonchev–Trinajstić information content (AvgIpc) is 2.41. The molecule has 0 aromatic heterocycles. The summed E-state index contributed by atoms with van der Waals surface area (Å²) in [5, 5.41) is 0. The quantitative estimate of drug-likeness (QED) is 0.565. The largest absolute Gasteiger partial charge is 0.282 e. The molecule has 14 heavy (non-hydrogen) atoms. The van der Waals surface area contributed by atoms with E-state index in [1.165, 1.54) is 11.3 Å². The standard InChI is InChI=1S/C10H15NO2S/c12-8-2-3-9(13)11(8)6-10(7-14)4-1-5-10/h14H,1-7H2. The molecule has 2 rings (SSSR count). The molecule has 0 radical (unpaired) electrons. The lowest BCUT2D eigenvalue weighted by Crippen LogP contribution is -2.45. The molecule has 1 aliphatic heterocycles. The first-order valence-electron chi connectivity index (χ1n) is 5.11. The second-order valence-electron chi connectivity index (χ2n) is 4.39. The molecule has 1 saturated carbocycles. The molecule has 0 bridgehead atoms. The predicted octanol–water partition coefficient (Wildman–Crippen LogP) is 1.24. The number of carbonyl (C=O) groups is 2. The van der Waals surface area contributed by atoms with Crippen molar-refractivity contribution in [3.8, 4) is 0 Å². The summed E-state index contributed by atoms with van der Waals surface area (Å²) in [4.78, 5) is 24.2. The van der Waals surface area contributed by atoms with E-state index < -0.39 is 0 Å². The van der Waals surface area contributed by atoms with Crippen LogP contribution in [0.2, 0.25) is 0 Å². The number of likely N-dealkylation sites (tertiary alicyclic amines) is 1. The van der Waals surface area contributed by atoms with Crippen molar-refractivity contribution in [3.05, 3.63) is 0 Å². The highest BCUT2D eigenvalue weighted by Crippen LogP contribution is 2.43. The van der Waals surface area contributed by atoms with Crippen molar-refractivity contribution in [2.24, 2.45) is 5.41 Å². The van der Waals surface area contributed by atoms with Gasteiger partial charge >= 0.3 is 0 Å². The zero-order valence-corrected chi connectivity index (χ0v) is 9.06. The van der Waals surface area contributed by atoms with Crippen molar-refractivity contribution in [2.75, 3.05) is 12.3 Å². The highest BCUT2D eigenvalue weighted by molar-refractivity contribution is 7.80. The van der Waals surface area contributed by atoms with Gasteiger partial charge < -0.3 is 0 Å². The van der Waals surface area contributed by atoms with Crippen LogP contribution in [0.25, 0.3) is 0 Å². The zero-order chi connectivity index (χ0) is 10.2. The third-order valence-electron chi connectivity index (χ3n) is 3.40. The third-order valence-corrected chi connectivity index (χ3v) is 4.07. The maximum Gasteiger partial charge on any atom is 0.229 e. The van der Waals surface area contributed by atoms with Gasteiger partial charge in [-0.1, -0.05) is 6.42 Å². The highest BCUT2D eigenvalue weighted by atomic mass is 32.1. The van der Waals surface area contributed by atoms with Crippen molar-refractivity contribution in [3.63, 3.8) is 0 Å². The monoisotopic (exact) mass is 213 g/mol. The van der Waals surface area contributed by atoms with E-state index in [1.54, 1.807) is 0 Å². The van der Waals surface area contributed by atoms with E-state index >= 15 is 0 Å². The molecule has 2 amide bonds. The third kappa shape index (κ3) is 1.56. The summed E-state index contributed by atoms with van der Waals surface area (Å²) in [6, 6.07) is 0. The van der Waals surface area contributed by atoms with Gasteiger partial charge in [-0.15, -0.1) is 0 Å². The molecule has 0 N–H and O–H groups in total. The lowest BCUT2D eigenvalue weighted by molar-refractivity contribution is -0.141. The van der Waals surface area contributed by atoms with Gasteiger partial charge in [-0.05, 0) is 24.0 Å². The Bertz CT molecular complexity index is 252. The van der Waals surface area contributed by atoms with E-state index in [-0.39, 0.29) is 17.2 Å². The minimum Gasteiger partial charge on any atom is -0.282 e. The van der Waals surface area contributed by atoms with Crippen LogP contribution in [0.1, 0.15) is 32.1 Å². The molecular formula is C10H15NO2S. The SMILES string of the molecule is O=C1CCC(=O)N1CC1(CS)CCC1. The molecule has 1 aliphatic carbocycles. The Morgan fingerprint density at radius 3 is 2.14 bits per heavy atom. The fraction of sp³-hybridized carbons (Fsp3) is 0.800. The van der Waals surface area contributed by atoms with Gasteiger partial charge in [0.2, 0.25) is 11.8 Å². The van der Waals surface area contributed by atoms with Gasteiger partial charge in [-0.2, -0.15) is 12.6 Å². The summed E-state index contributed by atoms with van der Waals surface area (Å²) in [6.45, 7) is 0.605. The molecule has 0 atom stereocenters. The van der Waals surface area contributed by atoms with Crippen molar-refractivity contribution < 1.29 is 9.59 Å². The molecule has 0 aromatic rings. The predicted molar refractivity (Wildman–Crippen MR) is 56.1 cm³/mol. The van der Waals surface area contributed by atoms with Gasteiger partial charge in [0.15, 0.2) is 0 Å². The number of hydrogen-bond donors (Lipinski definition) is 1. The van der Waals surface area contributed by atoms with Crippen LogP contribution in [0.5, 0.6) is 0 Å². The maximum atomic E-state index is 11.4. The second kappa shape index (κ2) is 3.57. The summed E-state index contributed by atoms with van der Waals surface area (Å²) >= 11 is 4.32. The van der Waals surface area contributed by atoms with Crippen LogP contribution in [-0.4, -0.2) is 29.0 Å². The molecule has 3 nitrogen and oxygen atoms in total. The smallest absolute Gasteiger partial charge is 0.229 e. The zero-order valence-electron chi connectivity index (χ0n) is 8.16. The Hall–Kier alpha value is -0.510. The van der Waals surface area contributed by atoms with E-state index in [0.29, 0.717) is 19.4 Å². The molecular weight excluding hydrogens is 198 g/mol. The van der Waals surface area contributed by atoms with Gasteiger partial charge in [0.05, 0.1) is 0 Å². The Labute approximate surface area is 89.3 Å². The topological polar surface area (TPSA) is 37.4 Å². The first kappa shape index (κ1) is 10.0. The minimum atomic E-state index is 0.00283. The summed E-state index contributed by atoms with van der Waals surface area (Å²) in [5.41, 5.74) is 0.138. The lowest BCUT2D eigenvalue weighted by atomic mass is 9.70. The van der Waals surface area contributed by atoms with E-state index in [0.717, 1.165) is 18.6 Å². The fourth-order valence-electron chi connectivity index (χ4n) is 2.18. The number of carbonyl (C=O) groups excluding carboxylic acids is 2. The second-order valence-corrected chi connectivity index (χ2v) is 4.70. The van der Waals surface area contributed by atoms with Crippen molar-refractivity contribution in [1.82, 2.24) is 4.90 Å².